The van der Waals surface area contributed by atoms with Crippen LogP contribution in [-0.4, -0.2) is 43.8 Å². The summed E-state index contributed by atoms with van der Waals surface area (Å²) in [7, 11) is 3.19. The van der Waals surface area contributed by atoms with E-state index in [0.29, 0.717) is 52.7 Å². The summed E-state index contributed by atoms with van der Waals surface area (Å²) in [6, 6.07) is 10.8. The normalized spacial score (nSPS) is 21.2. The van der Waals surface area contributed by atoms with E-state index in [9.17, 15) is 14.7 Å². The van der Waals surface area contributed by atoms with E-state index in [1.807, 2.05) is 32.0 Å². The number of dihydropyridines is 1. The zero-order valence-electron chi connectivity index (χ0n) is 24.2. The first kappa shape index (κ1) is 28.6. The molecule has 0 spiro atoms. The third-order valence-electron chi connectivity index (χ3n) is 8.37. The third kappa shape index (κ3) is 5.78. The lowest BCUT2D eigenvalue weighted by molar-refractivity contribution is -0.146. The zero-order chi connectivity index (χ0) is 29.1. The van der Waals surface area contributed by atoms with E-state index in [2.05, 4.69) is 5.32 Å². The van der Waals surface area contributed by atoms with Gasteiger partial charge in [-0.25, -0.2) is 4.79 Å². The number of benzene rings is 2. The van der Waals surface area contributed by atoms with E-state index >= 15 is 0 Å². The van der Waals surface area contributed by atoms with Gasteiger partial charge >= 0.3 is 5.97 Å². The highest BCUT2D eigenvalue weighted by Crippen LogP contribution is 2.47. The number of aromatic hydroxyl groups is 1. The first-order chi connectivity index (χ1) is 19.8. The number of hydrogen-bond donors (Lipinski definition) is 2. The van der Waals surface area contributed by atoms with Crippen LogP contribution >= 0.6 is 0 Å². The number of Topliss-reactive ketones (excluding diaryl/α,β-unsaturated/α-hetero) is 1. The van der Waals surface area contributed by atoms with Gasteiger partial charge in [-0.05, 0) is 87.3 Å². The largest absolute Gasteiger partial charge is 0.504 e. The summed E-state index contributed by atoms with van der Waals surface area (Å²) in [6.07, 6.45) is 5.69. The van der Waals surface area contributed by atoms with Gasteiger partial charge in [0.2, 0.25) is 0 Å². The predicted molar refractivity (Wildman–Crippen MR) is 154 cm³/mol. The van der Waals surface area contributed by atoms with Crippen molar-refractivity contribution >= 4 is 11.8 Å². The highest BCUT2D eigenvalue weighted by Gasteiger charge is 2.42. The maximum Gasteiger partial charge on any atom is 0.337 e. The molecule has 1 saturated carbocycles. The molecule has 5 rings (SSSR count). The molecule has 0 unspecified atom stereocenters. The molecule has 1 heterocycles. The lowest BCUT2D eigenvalue weighted by Crippen LogP contribution is -2.37. The molecule has 2 aliphatic carbocycles. The molecule has 1 fully saturated rings. The summed E-state index contributed by atoms with van der Waals surface area (Å²) in [5.74, 6) is 0.417. The molecule has 1 aliphatic heterocycles. The molecule has 0 bridgehead atoms. The summed E-state index contributed by atoms with van der Waals surface area (Å²) < 4.78 is 22.6. The second-order valence-electron chi connectivity index (χ2n) is 11.0. The molecular weight excluding hydrogens is 522 g/mol. The third-order valence-corrected chi connectivity index (χ3v) is 8.37. The quantitative estimate of drug-likeness (QED) is 0.376. The molecule has 3 aliphatic rings. The number of hydrogen-bond acceptors (Lipinski definition) is 8. The molecule has 0 saturated heterocycles. The van der Waals surface area contributed by atoms with Gasteiger partial charge in [0.05, 0.1) is 26.4 Å². The topological polar surface area (TPSA) is 103 Å². The lowest BCUT2D eigenvalue weighted by atomic mass is 9.71. The number of allylic oxidation sites excluding steroid dienone is 3. The fourth-order valence-corrected chi connectivity index (χ4v) is 6.36. The van der Waals surface area contributed by atoms with E-state index in [1.54, 1.807) is 32.4 Å². The van der Waals surface area contributed by atoms with E-state index in [0.717, 1.165) is 43.4 Å². The first-order valence-electron chi connectivity index (χ1n) is 14.5. The van der Waals surface area contributed by atoms with Gasteiger partial charge in [-0.2, -0.15) is 0 Å². The maximum atomic E-state index is 14.0. The van der Waals surface area contributed by atoms with Crippen molar-refractivity contribution in [2.45, 2.75) is 76.7 Å². The Labute approximate surface area is 241 Å². The Bertz CT molecular complexity index is 1390. The van der Waals surface area contributed by atoms with Crippen molar-refractivity contribution in [3.05, 3.63) is 70.1 Å². The van der Waals surface area contributed by atoms with Crippen molar-refractivity contribution < 1.29 is 33.6 Å². The Kier molecular flexibility index (Phi) is 8.57. The van der Waals surface area contributed by atoms with Crippen molar-refractivity contribution in [2.75, 3.05) is 20.8 Å². The van der Waals surface area contributed by atoms with Crippen LogP contribution in [0.25, 0.3) is 0 Å². The van der Waals surface area contributed by atoms with Crippen LogP contribution in [0.2, 0.25) is 0 Å². The second kappa shape index (κ2) is 12.3. The van der Waals surface area contributed by atoms with Crippen LogP contribution < -0.4 is 19.5 Å². The number of carbonyl (C=O) groups is 2. The monoisotopic (exact) mass is 561 g/mol. The number of rotatable bonds is 8. The van der Waals surface area contributed by atoms with Crippen LogP contribution in [0, 0.1) is 0 Å². The molecular formula is C33H39NO7. The number of phenols is 1. The lowest BCUT2D eigenvalue weighted by Gasteiger charge is -2.37. The SMILES string of the molecule is CCOc1cc([C@@H]2C(C(=O)OC3CCCCC3)=C(C)NC3=C2C(=O)C[C@@H](c2ccc(OC)c(OC)c2)C3)ccc1O. The highest BCUT2D eigenvalue weighted by atomic mass is 16.5. The van der Waals surface area contributed by atoms with Gasteiger partial charge in [-0.3, -0.25) is 4.79 Å². The van der Waals surface area contributed by atoms with Crippen LogP contribution in [0.4, 0.5) is 0 Å². The number of ether oxygens (including phenoxy) is 4. The number of ketones is 1. The van der Waals surface area contributed by atoms with E-state index < -0.39 is 11.9 Å². The molecule has 2 aromatic carbocycles. The average molecular weight is 562 g/mol. The minimum atomic E-state index is -0.638. The molecule has 0 amide bonds. The molecule has 2 atom stereocenters. The van der Waals surface area contributed by atoms with Gasteiger partial charge in [0.25, 0.3) is 0 Å². The van der Waals surface area contributed by atoms with Crippen molar-refractivity contribution in [1.82, 2.24) is 5.32 Å². The average Bonchev–Trinajstić information content (AvgIpc) is 2.97. The van der Waals surface area contributed by atoms with Gasteiger partial charge in [-0.1, -0.05) is 18.6 Å². The van der Waals surface area contributed by atoms with E-state index in [-0.39, 0.29) is 30.0 Å². The summed E-state index contributed by atoms with van der Waals surface area (Å²) in [6.45, 7) is 4.07. The van der Waals surface area contributed by atoms with Gasteiger partial charge in [0.15, 0.2) is 28.8 Å². The summed E-state index contributed by atoms with van der Waals surface area (Å²) in [5.41, 5.74) is 4.14. The van der Waals surface area contributed by atoms with Crippen LogP contribution in [0.1, 0.15) is 81.8 Å². The van der Waals surface area contributed by atoms with Crippen LogP contribution in [0.3, 0.4) is 0 Å². The molecule has 218 valence electrons. The second-order valence-corrected chi connectivity index (χ2v) is 11.0. The Balaban J connectivity index is 1.55. The zero-order valence-corrected chi connectivity index (χ0v) is 24.2. The number of phenolic OH excluding ortho intramolecular Hbond substituents is 1. The fourth-order valence-electron chi connectivity index (χ4n) is 6.36. The smallest absolute Gasteiger partial charge is 0.337 e. The van der Waals surface area contributed by atoms with Gasteiger partial charge in [0.1, 0.15) is 6.10 Å². The highest BCUT2D eigenvalue weighted by molar-refractivity contribution is 6.04. The molecule has 2 N–H and O–H groups in total. The van der Waals surface area contributed by atoms with Crippen LogP contribution in [0.15, 0.2) is 58.9 Å². The summed E-state index contributed by atoms with van der Waals surface area (Å²) in [4.78, 5) is 27.8. The maximum absolute atomic E-state index is 14.0. The predicted octanol–water partition coefficient (Wildman–Crippen LogP) is 6.05. The molecule has 0 aromatic heterocycles. The fraction of sp³-hybridized carbons (Fsp3) is 0.455. The Morgan fingerprint density at radius 3 is 2.37 bits per heavy atom. The Hall–Kier alpha value is -3.94. The summed E-state index contributed by atoms with van der Waals surface area (Å²) >= 11 is 0. The van der Waals surface area contributed by atoms with E-state index in [4.69, 9.17) is 18.9 Å². The Morgan fingerprint density at radius 1 is 0.951 bits per heavy atom. The molecule has 41 heavy (non-hydrogen) atoms. The number of carbonyl (C=O) groups excluding carboxylic acids is 2. The molecule has 0 radical (unpaired) electrons. The number of nitrogens with one attached hydrogen (secondary N) is 1. The minimum Gasteiger partial charge on any atom is -0.504 e. The van der Waals surface area contributed by atoms with Crippen LogP contribution in [-0.2, 0) is 14.3 Å². The van der Waals surface area contributed by atoms with Crippen molar-refractivity contribution in [3.8, 4) is 23.0 Å². The van der Waals surface area contributed by atoms with Crippen molar-refractivity contribution in [2.24, 2.45) is 0 Å². The van der Waals surface area contributed by atoms with Crippen LogP contribution in [0.5, 0.6) is 23.0 Å². The van der Waals surface area contributed by atoms with Gasteiger partial charge in [0, 0.05) is 29.3 Å². The van der Waals surface area contributed by atoms with Gasteiger partial charge < -0.3 is 29.4 Å². The number of esters is 1. The molecule has 8 nitrogen and oxygen atoms in total. The van der Waals surface area contributed by atoms with Gasteiger partial charge in [-0.15, -0.1) is 0 Å². The summed E-state index contributed by atoms with van der Waals surface area (Å²) in [5, 5.41) is 13.8. The van der Waals surface area contributed by atoms with Crippen molar-refractivity contribution in [1.29, 1.82) is 0 Å². The number of methoxy groups -OCH3 is 2. The van der Waals surface area contributed by atoms with Crippen molar-refractivity contribution in [3.63, 3.8) is 0 Å². The Morgan fingerprint density at radius 2 is 1.66 bits per heavy atom. The first-order valence-corrected chi connectivity index (χ1v) is 14.5. The molecule has 2 aromatic rings. The standard InChI is InChI=1S/C33H39NO7/c1-5-40-28-18-21(11-13-25(28)35)31-30(33(37)41-23-9-7-6-8-10-23)19(2)34-24-15-22(16-26(36)32(24)31)20-12-14-27(38-3)29(17-20)39-4/h11-14,17-18,22-23,31,34-35H,5-10,15-16H2,1-4H3/t22-,31+/m0/s1. The molecule has 8 heteroatoms. The minimum absolute atomic E-state index is 0.00857. The van der Waals surface area contributed by atoms with E-state index in [1.165, 1.54) is 0 Å².